The van der Waals surface area contributed by atoms with E-state index in [1.165, 1.54) is 0 Å². The lowest BCUT2D eigenvalue weighted by Gasteiger charge is -2.08. The van der Waals surface area contributed by atoms with Crippen LogP contribution in [0.1, 0.15) is 37.0 Å². The summed E-state index contributed by atoms with van der Waals surface area (Å²) in [5, 5.41) is 2.59. The van der Waals surface area contributed by atoms with Crippen LogP contribution < -0.4 is 5.32 Å². The molecule has 1 aromatic rings. The van der Waals surface area contributed by atoms with Gasteiger partial charge in [0.15, 0.2) is 0 Å². The Balaban J connectivity index is 2.38. The largest absolute Gasteiger partial charge is 0.460 e. The van der Waals surface area contributed by atoms with Crippen LogP contribution in [-0.2, 0) is 14.2 Å². The molecule has 0 bridgehead atoms. The molecule has 0 unspecified atom stereocenters. The van der Waals surface area contributed by atoms with Gasteiger partial charge in [0.05, 0.1) is 18.8 Å². The number of unbranched alkanes of at least 4 members (excludes halogenated alkanes) is 1. The molecule has 1 aromatic carbocycles. The fraction of sp³-hybridized carbons (Fsp3) is 0.500. The van der Waals surface area contributed by atoms with Crippen molar-refractivity contribution < 1.29 is 23.8 Å². The predicted octanol–water partition coefficient (Wildman–Crippen LogP) is 3.23. The smallest absolute Gasteiger partial charge is 0.411 e. The molecule has 0 aliphatic rings. The SMILES string of the molecule is CCCCOC(=O)Nc1ccc(C(=O)OCCOCC)cc1. The van der Waals surface area contributed by atoms with E-state index in [2.05, 4.69) is 5.32 Å². The number of hydrogen-bond acceptors (Lipinski definition) is 5. The number of benzene rings is 1. The summed E-state index contributed by atoms with van der Waals surface area (Å²) < 4.78 is 15.1. The second-order valence-electron chi connectivity index (χ2n) is 4.52. The van der Waals surface area contributed by atoms with Crippen LogP contribution in [0.4, 0.5) is 10.5 Å². The molecule has 0 radical (unpaired) electrons. The average molecular weight is 309 g/mol. The zero-order chi connectivity index (χ0) is 16.2. The molecule has 0 atom stereocenters. The highest BCUT2D eigenvalue weighted by atomic mass is 16.6. The maximum Gasteiger partial charge on any atom is 0.411 e. The molecule has 22 heavy (non-hydrogen) atoms. The van der Waals surface area contributed by atoms with Crippen LogP contribution >= 0.6 is 0 Å². The lowest BCUT2D eigenvalue weighted by molar-refractivity contribution is 0.0335. The van der Waals surface area contributed by atoms with Crippen molar-refractivity contribution in [1.82, 2.24) is 0 Å². The third kappa shape index (κ3) is 7.08. The number of rotatable bonds is 9. The second-order valence-corrected chi connectivity index (χ2v) is 4.52. The van der Waals surface area contributed by atoms with Gasteiger partial charge in [-0.15, -0.1) is 0 Å². The minimum absolute atomic E-state index is 0.219. The Morgan fingerprint density at radius 3 is 2.36 bits per heavy atom. The molecule has 0 aliphatic carbocycles. The molecule has 0 aromatic heterocycles. The fourth-order valence-electron chi connectivity index (χ4n) is 1.57. The van der Waals surface area contributed by atoms with Crippen molar-refractivity contribution in [2.24, 2.45) is 0 Å². The Kier molecular flexibility index (Phi) is 8.67. The van der Waals surface area contributed by atoms with Crippen LogP contribution in [0.25, 0.3) is 0 Å². The molecule has 1 amide bonds. The number of anilines is 1. The molecule has 122 valence electrons. The lowest BCUT2D eigenvalue weighted by Crippen LogP contribution is -2.14. The molecule has 0 aliphatic heterocycles. The van der Waals surface area contributed by atoms with Crippen molar-refractivity contribution >= 4 is 17.7 Å². The molecule has 0 fully saturated rings. The first-order chi connectivity index (χ1) is 10.7. The van der Waals surface area contributed by atoms with E-state index >= 15 is 0 Å². The number of ether oxygens (including phenoxy) is 3. The van der Waals surface area contributed by atoms with Crippen molar-refractivity contribution in [3.05, 3.63) is 29.8 Å². The number of nitrogens with one attached hydrogen (secondary N) is 1. The second kappa shape index (κ2) is 10.6. The average Bonchev–Trinajstić information content (AvgIpc) is 2.52. The first-order valence-corrected chi connectivity index (χ1v) is 7.46. The summed E-state index contributed by atoms with van der Waals surface area (Å²) in [7, 11) is 0. The van der Waals surface area contributed by atoms with Gasteiger partial charge in [0.2, 0.25) is 0 Å². The maximum absolute atomic E-state index is 11.7. The van der Waals surface area contributed by atoms with Crippen LogP contribution in [0.5, 0.6) is 0 Å². The molecule has 1 rings (SSSR count). The highest BCUT2D eigenvalue weighted by molar-refractivity contribution is 5.91. The summed E-state index contributed by atoms with van der Waals surface area (Å²) in [5.74, 6) is -0.420. The van der Waals surface area contributed by atoms with E-state index in [9.17, 15) is 9.59 Å². The van der Waals surface area contributed by atoms with Crippen molar-refractivity contribution in [3.8, 4) is 0 Å². The first-order valence-electron chi connectivity index (χ1n) is 7.46. The van der Waals surface area contributed by atoms with Crippen LogP contribution in [0, 0.1) is 0 Å². The van der Waals surface area contributed by atoms with E-state index in [0.717, 1.165) is 12.8 Å². The zero-order valence-electron chi connectivity index (χ0n) is 13.1. The Bertz CT molecular complexity index is 458. The molecule has 1 N–H and O–H groups in total. The minimum atomic E-state index is -0.500. The van der Waals surface area contributed by atoms with E-state index in [1.807, 2.05) is 13.8 Å². The molecule has 0 saturated carbocycles. The maximum atomic E-state index is 11.7. The highest BCUT2D eigenvalue weighted by Gasteiger charge is 2.08. The summed E-state index contributed by atoms with van der Waals surface area (Å²) in [6, 6.07) is 6.43. The summed E-state index contributed by atoms with van der Waals surface area (Å²) in [6.07, 6.45) is 1.30. The third-order valence-electron chi connectivity index (χ3n) is 2.76. The van der Waals surface area contributed by atoms with Gasteiger partial charge in [-0.3, -0.25) is 5.32 Å². The molecular weight excluding hydrogens is 286 g/mol. The van der Waals surface area contributed by atoms with Crippen LogP contribution in [0.2, 0.25) is 0 Å². The molecule has 6 nitrogen and oxygen atoms in total. The standard InChI is InChI=1S/C16H23NO5/c1-3-5-10-22-16(19)17-14-8-6-13(7-9-14)15(18)21-12-11-20-4-2/h6-9H,3-5,10-12H2,1-2H3,(H,17,19). The van der Waals surface area contributed by atoms with E-state index in [-0.39, 0.29) is 6.61 Å². The number of esters is 1. The van der Waals surface area contributed by atoms with Crippen molar-refractivity contribution in [3.63, 3.8) is 0 Å². The lowest BCUT2D eigenvalue weighted by atomic mass is 10.2. The van der Waals surface area contributed by atoms with Gasteiger partial charge in [-0.1, -0.05) is 13.3 Å². The Morgan fingerprint density at radius 2 is 1.73 bits per heavy atom. The van der Waals surface area contributed by atoms with Gasteiger partial charge < -0.3 is 14.2 Å². The number of hydrogen-bond donors (Lipinski definition) is 1. The van der Waals surface area contributed by atoms with E-state index in [1.54, 1.807) is 24.3 Å². The van der Waals surface area contributed by atoms with Gasteiger partial charge in [0.25, 0.3) is 0 Å². The van der Waals surface area contributed by atoms with Gasteiger partial charge in [-0.2, -0.15) is 0 Å². The van der Waals surface area contributed by atoms with E-state index in [0.29, 0.717) is 31.1 Å². The van der Waals surface area contributed by atoms with Crippen LogP contribution in [-0.4, -0.2) is 38.5 Å². The van der Waals surface area contributed by atoms with Gasteiger partial charge in [-0.05, 0) is 37.6 Å². The van der Waals surface area contributed by atoms with Gasteiger partial charge in [0.1, 0.15) is 6.61 Å². The molecule has 0 spiro atoms. The van der Waals surface area contributed by atoms with Gasteiger partial charge in [0, 0.05) is 12.3 Å². The first kappa shape index (κ1) is 18.0. The zero-order valence-corrected chi connectivity index (χ0v) is 13.1. The number of carbonyl (C=O) groups excluding carboxylic acids is 2. The van der Waals surface area contributed by atoms with Gasteiger partial charge in [-0.25, -0.2) is 9.59 Å². The van der Waals surface area contributed by atoms with Crippen molar-refractivity contribution in [2.75, 3.05) is 31.7 Å². The van der Waals surface area contributed by atoms with Crippen LogP contribution in [0.3, 0.4) is 0 Å². The molecule has 6 heteroatoms. The normalized spacial score (nSPS) is 10.1. The number of amides is 1. The summed E-state index contributed by atoms with van der Waals surface area (Å²) in [5.41, 5.74) is 0.980. The summed E-state index contributed by atoms with van der Waals surface area (Å²) >= 11 is 0. The Labute approximate surface area is 130 Å². The topological polar surface area (TPSA) is 73.9 Å². The van der Waals surface area contributed by atoms with E-state index < -0.39 is 12.1 Å². The Hall–Kier alpha value is -2.08. The van der Waals surface area contributed by atoms with Crippen molar-refractivity contribution in [2.45, 2.75) is 26.7 Å². The third-order valence-corrected chi connectivity index (χ3v) is 2.76. The molecular formula is C16H23NO5. The highest BCUT2D eigenvalue weighted by Crippen LogP contribution is 2.11. The Morgan fingerprint density at radius 1 is 1.00 bits per heavy atom. The minimum Gasteiger partial charge on any atom is -0.460 e. The summed E-state index contributed by atoms with van der Waals surface area (Å²) in [4.78, 5) is 23.2. The monoisotopic (exact) mass is 309 g/mol. The molecule has 0 heterocycles. The number of carbonyl (C=O) groups is 2. The fourth-order valence-corrected chi connectivity index (χ4v) is 1.57. The van der Waals surface area contributed by atoms with E-state index in [4.69, 9.17) is 14.2 Å². The predicted molar refractivity (Wildman–Crippen MR) is 83.1 cm³/mol. The van der Waals surface area contributed by atoms with Gasteiger partial charge >= 0.3 is 12.1 Å². The quantitative estimate of drug-likeness (QED) is 0.560. The molecule has 0 saturated heterocycles. The van der Waals surface area contributed by atoms with Crippen LogP contribution in [0.15, 0.2) is 24.3 Å². The van der Waals surface area contributed by atoms with Crippen molar-refractivity contribution in [1.29, 1.82) is 0 Å². The summed E-state index contributed by atoms with van der Waals surface area (Å²) in [6.45, 7) is 5.48.